The average molecular weight is 387 g/mol. The van der Waals surface area contributed by atoms with Gasteiger partial charge >= 0.3 is 6.03 Å². The van der Waals surface area contributed by atoms with E-state index in [0.717, 1.165) is 32.4 Å². The highest BCUT2D eigenvalue weighted by Crippen LogP contribution is 2.25. The van der Waals surface area contributed by atoms with Gasteiger partial charge in [0, 0.05) is 18.7 Å². The fourth-order valence-electron chi connectivity index (χ4n) is 3.17. The number of nitrogens with zero attached hydrogens (tertiary/aromatic N) is 4. The van der Waals surface area contributed by atoms with Crippen molar-refractivity contribution in [1.82, 2.24) is 20.0 Å². The summed E-state index contributed by atoms with van der Waals surface area (Å²) in [5.41, 5.74) is 13.0. The highest BCUT2D eigenvalue weighted by molar-refractivity contribution is 6.13. The molecule has 3 rings (SSSR count). The summed E-state index contributed by atoms with van der Waals surface area (Å²) in [6.07, 6.45) is 9.71. The first-order valence-electron chi connectivity index (χ1n) is 9.15. The maximum Gasteiger partial charge on any atom is 0.316 e. The topological polar surface area (TPSA) is 155 Å². The van der Waals surface area contributed by atoms with Gasteiger partial charge in [0.05, 0.1) is 30.8 Å². The van der Waals surface area contributed by atoms with E-state index in [1.54, 1.807) is 18.2 Å². The molecule has 2 heterocycles. The van der Waals surface area contributed by atoms with E-state index in [9.17, 15) is 9.90 Å². The number of anilines is 1. The number of allylic oxidation sites excluding steroid dienone is 4. The zero-order chi connectivity index (χ0) is 20.1. The van der Waals surface area contributed by atoms with Crippen molar-refractivity contribution in [3.8, 4) is 0 Å². The summed E-state index contributed by atoms with van der Waals surface area (Å²) in [5, 5.41) is 26.3. The standard InChI is InChI=1S/C18H25N7O3/c19-16-15(11-21-25(16)8-9-26)22-13-5-4-12(10-14(13)23-18(20)28)17(27)24-6-2-1-3-7-24/h4-5,10-11,26-27H,1-3,6-9,19H2,(H3,20,23,28). The van der Waals surface area contributed by atoms with E-state index in [-0.39, 0.29) is 19.0 Å². The lowest BCUT2D eigenvalue weighted by atomic mass is 10.0. The monoisotopic (exact) mass is 387 g/mol. The van der Waals surface area contributed by atoms with E-state index in [1.807, 2.05) is 4.90 Å². The molecular formula is C18H25N7O3. The molecule has 7 N–H and O–H groups in total. The molecule has 1 aromatic heterocycles. The molecule has 0 atom stereocenters. The molecule has 2 amide bonds. The number of nitrogens with one attached hydrogen (secondary N) is 1. The van der Waals surface area contributed by atoms with E-state index < -0.39 is 6.03 Å². The van der Waals surface area contributed by atoms with Gasteiger partial charge in [-0.15, -0.1) is 0 Å². The van der Waals surface area contributed by atoms with Crippen LogP contribution in [0.25, 0.3) is 0 Å². The van der Waals surface area contributed by atoms with Crippen LogP contribution in [-0.4, -0.2) is 56.3 Å². The third-order valence-electron chi connectivity index (χ3n) is 4.58. The number of primary amides is 1. The van der Waals surface area contributed by atoms with Crippen LogP contribution < -0.4 is 16.8 Å². The number of nitrogens with two attached hydrogens (primary N) is 2. The van der Waals surface area contributed by atoms with E-state index >= 15 is 0 Å². The molecule has 1 fully saturated rings. The first-order valence-corrected chi connectivity index (χ1v) is 9.15. The minimum Gasteiger partial charge on any atom is -0.494 e. The van der Waals surface area contributed by atoms with Gasteiger partial charge in [0.25, 0.3) is 0 Å². The molecule has 0 saturated carbocycles. The van der Waals surface area contributed by atoms with Crippen molar-refractivity contribution in [3.63, 3.8) is 0 Å². The molecule has 0 radical (unpaired) electrons. The van der Waals surface area contributed by atoms with Crippen molar-refractivity contribution in [2.24, 2.45) is 10.7 Å². The predicted molar refractivity (Wildman–Crippen MR) is 106 cm³/mol. The molecule has 1 aliphatic carbocycles. The lowest BCUT2D eigenvalue weighted by Gasteiger charge is -2.29. The molecule has 1 saturated heterocycles. The number of carbonyl (C=O) groups is 1. The molecule has 1 aromatic rings. The maximum absolute atomic E-state index is 11.4. The van der Waals surface area contributed by atoms with Gasteiger partial charge < -0.3 is 31.9 Å². The van der Waals surface area contributed by atoms with Crippen molar-refractivity contribution in [1.29, 1.82) is 0 Å². The minimum absolute atomic E-state index is 0.0971. The molecular weight excluding hydrogens is 362 g/mol. The summed E-state index contributed by atoms with van der Waals surface area (Å²) in [7, 11) is 0. The number of piperidine rings is 1. The third kappa shape index (κ3) is 4.34. The number of urea groups is 1. The van der Waals surface area contributed by atoms with Crippen LogP contribution in [-0.2, 0) is 6.54 Å². The fourth-order valence-corrected chi connectivity index (χ4v) is 3.17. The van der Waals surface area contributed by atoms with Crippen molar-refractivity contribution in [2.75, 3.05) is 25.4 Å². The number of nitrogen functional groups attached to an aromatic ring is 1. The number of aliphatic hydroxyl groups is 2. The zero-order valence-electron chi connectivity index (χ0n) is 15.5. The van der Waals surface area contributed by atoms with Crippen molar-refractivity contribution < 1.29 is 15.0 Å². The normalized spacial score (nSPS) is 20.2. The quantitative estimate of drug-likeness (QED) is 0.473. The molecule has 10 nitrogen and oxygen atoms in total. The Kier molecular flexibility index (Phi) is 5.99. The molecule has 2 aliphatic rings. The second-order valence-corrected chi connectivity index (χ2v) is 6.57. The number of likely N-dealkylation sites (tertiary alicyclic amines) is 1. The van der Waals surface area contributed by atoms with Crippen molar-refractivity contribution >= 4 is 23.2 Å². The molecule has 28 heavy (non-hydrogen) atoms. The summed E-state index contributed by atoms with van der Waals surface area (Å²) in [5.74, 6) is 0.458. The number of aliphatic imine (C=N–C) groups is 1. The van der Waals surface area contributed by atoms with Gasteiger partial charge in [0.1, 0.15) is 11.5 Å². The van der Waals surface area contributed by atoms with Crippen LogP contribution in [0.5, 0.6) is 0 Å². The number of carbonyl (C=O) groups excluding carboxylic acids is 1. The van der Waals surface area contributed by atoms with Crippen LogP contribution >= 0.6 is 0 Å². The SMILES string of the molecule is NC(=O)NC1=CC(=C(O)N2CCCCC2)C=CC1=Nc1cnn(CCO)c1N. The molecule has 0 bridgehead atoms. The molecule has 0 spiro atoms. The minimum atomic E-state index is -0.741. The van der Waals surface area contributed by atoms with Gasteiger partial charge in [-0.3, -0.25) is 0 Å². The molecule has 0 aromatic carbocycles. The number of amides is 2. The van der Waals surface area contributed by atoms with Crippen LogP contribution in [0.2, 0.25) is 0 Å². The second-order valence-electron chi connectivity index (χ2n) is 6.57. The van der Waals surface area contributed by atoms with Crippen LogP contribution in [0.15, 0.2) is 46.6 Å². The fraction of sp³-hybridized carbons (Fsp3) is 0.389. The first kappa shape index (κ1) is 19.5. The van der Waals surface area contributed by atoms with Gasteiger partial charge in [-0.2, -0.15) is 5.10 Å². The summed E-state index contributed by atoms with van der Waals surface area (Å²) in [4.78, 5) is 17.8. The Morgan fingerprint density at radius 1 is 1.29 bits per heavy atom. The number of hydrogen-bond acceptors (Lipinski definition) is 7. The molecule has 1 aliphatic heterocycles. The number of hydrogen-bond donors (Lipinski definition) is 5. The van der Waals surface area contributed by atoms with E-state index in [2.05, 4.69) is 15.4 Å². The van der Waals surface area contributed by atoms with E-state index in [1.165, 1.54) is 10.9 Å². The lowest BCUT2D eigenvalue weighted by Crippen LogP contribution is -2.33. The molecule has 150 valence electrons. The Labute approximate surface area is 162 Å². The second kappa shape index (κ2) is 8.61. The van der Waals surface area contributed by atoms with Gasteiger partial charge in [-0.05, 0) is 37.5 Å². The summed E-state index contributed by atoms with van der Waals surface area (Å²) in [6, 6.07) is -0.741. The van der Waals surface area contributed by atoms with Crippen LogP contribution in [0.3, 0.4) is 0 Å². The largest absolute Gasteiger partial charge is 0.494 e. The Morgan fingerprint density at radius 3 is 2.71 bits per heavy atom. The zero-order valence-corrected chi connectivity index (χ0v) is 15.5. The van der Waals surface area contributed by atoms with Gasteiger partial charge in [-0.1, -0.05) is 0 Å². The Bertz CT molecular complexity index is 861. The molecule has 0 unspecified atom stereocenters. The first-order chi connectivity index (χ1) is 13.5. The summed E-state index contributed by atoms with van der Waals surface area (Å²) >= 11 is 0. The van der Waals surface area contributed by atoms with Crippen LogP contribution in [0, 0.1) is 0 Å². The Balaban J connectivity index is 1.92. The average Bonchev–Trinajstić information content (AvgIpc) is 3.03. The van der Waals surface area contributed by atoms with Crippen molar-refractivity contribution in [2.45, 2.75) is 25.8 Å². The van der Waals surface area contributed by atoms with Crippen molar-refractivity contribution in [3.05, 3.63) is 41.6 Å². The van der Waals surface area contributed by atoms with Gasteiger partial charge in [0.2, 0.25) is 0 Å². The molecule has 10 heteroatoms. The predicted octanol–water partition coefficient (Wildman–Crippen LogP) is 0.908. The third-order valence-corrected chi connectivity index (χ3v) is 4.58. The lowest BCUT2D eigenvalue weighted by molar-refractivity contribution is 0.173. The number of aliphatic hydroxyl groups excluding tert-OH is 2. The van der Waals surface area contributed by atoms with E-state index in [0.29, 0.717) is 28.5 Å². The summed E-state index contributed by atoms with van der Waals surface area (Å²) < 4.78 is 1.43. The highest BCUT2D eigenvalue weighted by Gasteiger charge is 2.19. The summed E-state index contributed by atoms with van der Waals surface area (Å²) in [6.45, 7) is 1.74. The Morgan fingerprint density at radius 2 is 2.04 bits per heavy atom. The van der Waals surface area contributed by atoms with E-state index in [4.69, 9.17) is 16.6 Å². The highest BCUT2D eigenvalue weighted by atomic mass is 16.3. The van der Waals surface area contributed by atoms with Crippen LogP contribution in [0.1, 0.15) is 19.3 Å². The number of aromatic nitrogens is 2. The maximum atomic E-state index is 11.4. The Hall–Kier alpha value is -3.27. The van der Waals surface area contributed by atoms with Gasteiger partial charge in [0.15, 0.2) is 5.88 Å². The smallest absolute Gasteiger partial charge is 0.316 e. The number of rotatable bonds is 5. The van der Waals surface area contributed by atoms with Gasteiger partial charge in [-0.25, -0.2) is 14.5 Å². The van der Waals surface area contributed by atoms with Crippen LogP contribution in [0.4, 0.5) is 16.3 Å².